The number of rotatable bonds is 20. The fourth-order valence-electron chi connectivity index (χ4n) is 9.50. The van der Waals surface area contributed by atoms with E-state index < -0.39 is 64.1 Å². The van der Waals surface area contributed by atoms with Gasteiger partial charge in [0.15, 0.2) is 0 Å². The minimum Gasteiger partial charge on any atom is -0.379 e. The van der Waals surface area contributed by atoms with Crippen LogP contribution in [0.1, 0.15) is 85.1 Å². The van der Waals surface area contributed by atoms with E-state index in [1.165, 1.54) is 14.2 Å². The van der Waals surface area contributed by atoms with Crippen molar-refractivity contribution < 1.29 is 41.9 Å². The van der Waals surface area contributed by atoms with Crippen LogP contribution in [0.25, 0.3) is 0 Å². The third-order valence-corrected chi connectivity index (χ3v) is 13.4. The second-order valence-corrected chi connectivity index (χ2v) is 18.9. The first-order valence-electron chi connectivity index (χ1n) is 20.8. The normalized spacial score (nSPS) is 24.4. The van der Waals surface area contributed by atoms with Crippen LogP contribution in [0, 0.1) is 23.7 Å². The van der Waals surface area contributed by atoms with E-state index in [-0.39, 0.29) is 48.4 Å². The Bertz CT molecular complexity index is 1690. The van der Waals surface area contributed by atoms with Crippen LogP contribution >= 0.6 is 0 Å². The predicted octanol–water partition coefficient (Wildman–Crippen LogP) is 2.33. The first-order valence-corrected chi connectivity index (χ1v) is 22.7. The molecule has 3 N–H and O–H groups in total. The van der Waals surface area contributed by atoms with E-state index in [1.54, 1.807) is 48.0 Å². The summed E-state index contributed by atoms with van der Waals surface area (Å²) < 4.78 is 37.8. The van der Waals surface area contributed by atoms with Crippen LogP contribution in [-0.2, 0) is 49.9 Å². The number of fused-ring (bicyclic) bond motifs is 2. The number of sulfonamides is 1. The summed E-state index contributed by atoms with van der Waals surface area (Å²) in [6.45, 7) is 9.99. The molecule has 5 amide bonds. The zero-order chi connectivity index (χ0) is 43.1. The second kappa shape index (κ2) is 20.6. The molecule has 15 nitrogen and oxygen atoms in total. The van der Waals surface area contributed by atoms with E-state index in [0.29, 0.717) is 37.8 Å². The van der Waals surface area contributed by atoms with E-state index in [4.69, 9.17) is 9.47 Å². The van der Waals surface area contributed by atoms with E-state index in [1.807, 2.05) is 45.5 Å². The quantitative estimate of drug-likeness (QED) is 0.176. The molecular formula is C42H68N6O9S. The van der Waals surface area contributed by atoms with Crippen LogP contribution < -0.4 is 15.4 Å². The number of ether oxygens (including phenoxy) is 2. The molecule has 2 saturated heterocycles. The Morgan fingerprint density at radius 1 is 0.948 bits per heavy atom. The Hall–Kier alpha value is -3.60. The third-order valence-electron chi connectivity index (χ3n) is 12.9. The number of amides is 5. The molecule has 0 aromatic heterocycles. The van der Waals surface area contributed by atoms with Crippen LogP contribution in [0.5, 0.6) is 0 Å². The summed E-state index contributed by atoms with van der Waals surface area (Å²) in [6, 6.07) is 6.20. The van der Waals surface area contributed by atoms with Crippen molar-refractivity contribution in [2.45, 2.75) is 134 Å². The van der Waals surface area contributed by atoms with Crippen LogP contribution in [0.3, 0.4) is 0 Å². The van der Waals surface area contributed by atoms with Gasteiger partial charge in [0.2, 0.25) is 33.7 Å². The Morgan fingerprint density at radius 2 is 1.62 bits per heavy atom. The highest BCUT2D eigenvalue weighted by Crippen LogP contribution is 2.41. The molecular weight excluding hydrogens is 765 g/mol. The minimum absolute atomic E-state index is 0.0317. The number of carbonyl (C=O) groups excluding carboxylic acids is 5. The number of methoxy groups -OCH3 is 2. The molecule has 11 atom stereocenters. The zero-order valence-corrected chi connectivity index (χ0v) is 36.9. The Morgan fingerprint density at radius 3 is 2.17 bits per heavy atom. The number of hydrogen-bond acceptors (Lipinski definition) is 10. The van der Waals surface area contributed by atoms with Gasteiger partial charge in [-0.05, 0) is 62.5 Å². The van der Waals surface area contributed by atoms with E-state index >= 15 is 0 Å². The maximum atomic E-state index is 14.3. The van der Waals surface area contributed by atoms with Gasteiger partial charge in [0.1, 0.15) is 12.1 Å². The molecule has 2 bridgehead atoms. The number of benzene rings is 1. The Balaban J connectivity index is 1.48. The van der Waals surface area contributed by atoms with Crippen molar-refractivity contribution in [2.24, 2.45) is 23.7 Å². The maximum absolute atomic E-state index is 14.3. The van der Waals surface area contributed by atoms with Crippen molar-refractivity contribution >= 4 is 39.6 Å². The number of likely N-dealkylation sites (N-methyl/N-ethyl adjacent to an activating group) is 2. The SMILES string of the molecule is CC[C@H](C)[C@@H]([C@@H](CC(=O)N1CCC[C@H]1[C@H](OC)[C@@H](C)C(=O)N[C@@H](Cc1ccccc1)C(=O)NS(C)(=O)=O)OC)N(C)C(=O)[C@@H](NC(=O)[C@@H]1[C@H]2CC[C@H](C2)N1C)C(C)C. The highest BCUT2D eigenvalue weighted by Gasteiger charge is 2.49. The van der Waals surface area contributed by atoms with Gasteiger partial charge in [-0.25, -0.2) is 8.42 Å². The molecule has 1 aromatic carbocycles. The molecule has 4 rings (SSSR count). The lowest BCUT2D eigenvalue weighted by Gasteiger charge is -2.41. The summed E-state index contributed by atoms with van der Waals surface area (Å²) >= 11 is 0. The molecule has 326 valence electrons. The molecule has 16 heteroatoms. The molecule has 3 aliphatic rings. The number of nitrogens with one attached hydrogen (secondary N) is 3. The van der Waals surface area contributed by atoms with Crippen molar-refractivity contribution in [3.8, 4) is 0 Å². The van der Waals surface area contributed by atoms with Crippen molar-refractivity contribution in [1.29, 1.82) is 0 Å². The zero-order valence-electron chi connectivity index (χ0n) is 36.1. The largest absolute Gasteiger partial charge is 0.379 e. The molecule has 2 aliphatic heterocycles. The van der Waals surface area contributed by atoms with Crippen molar-refractivity contribution in [2.75, 3.05) is 41.1 Å². The smallest absolute Gasteiger partial charge is 0.256 e. The van der Waals surface area contributed by atoms with E-state index in [0.717, 1.165) is 31.1 Å². The molecule has 2 heterocycles. The van der Waals surface area contributed by atoms with Gasteiger partial charge in [0, 0.05) is 40.3 Å². The number of carbonyl (C=O) groups is 5. The Kier molecular flexibility index (Phi) is 16.7. The lowest BCUT2D eigenvalue weighted by Crippen LogP contribution is -2.60. The molecule has 0 unspecified atom stereocenters. The standard InChI is InChI=1S/C42H68N6O9S/c1-11-26(4)36(47(7)42(53)35(25(2)3)44-41(52)37-29-19-20-30(23-29)46(37)6)33(56-8)24-34(49)48-21-15-18-32(48)38(57-9)27(5)39(50)43-31(40(51)45-58(10,54)55)22-28-16-13-12-14-17-28/h12-14,16-17,25-27,29-33,35-38H,11,15,18-24H2,1-10H3,(H,43,50)(H,44,52)(H,45,51)/t26-,27+,29-,30+,31-,32-,33+,35-,36-,37-,38+/m0/s1. The summed E-state index contributed by atoms with van der Waals surface area (Å²) in [4.78, 5) is 74.7. The molecule has 1 aromatic rings. The highest BCUT2D eigenvalue weighted by atomic mass is 32.2. The van der Waals surface area contributed by atoms with Gasteiger partial charge in [-0.1, -0.05) is 71.4 Å². The molecule has 0 spiro atoms. The van der Waals surface area contributed by atoms with Gasteiger partial charge < -0.3 is 29.9 Å². The van der Waals surface area contributed by atoms with Gasteiger partial charge in [-0.3, -0.25) is 33.6 Å². The topological polar surface area (TPSA) is 184 Å². The van der Waals surface area contributed by atoms with Gasteiger partial charge in [-0.2, -0.15) is 0 Å². The van der Waals surface area contributed by atoms with Crippen LogP contribution in [0.2, 0.25) is 0 Å². The van der Waals surface area contributed by atoms with Crippen LogP contribution in [0.15, 0.2) is 30.3 Å². The van der Waals surface area contributed by atoms with E-state index in [9.17, 15) is 32.4 Å². The van der Waals surface area contributed by atoms with Crippen molar-refractivity contribution in [3.63, 3.8) is 0 Å². The monoisotopic (exact) mass is 832 g/mol. The predicted molar refractivity (Wildman–Crippen MR) is 221 cm³/mol. The summed E-state index contributed by atoms with van der Waals surface area (Å²) in [7, 11) is 2.84. The number of hydrogen-bond donors (Lipinski definition) is 3. The minimum atomic E-state index is -3.89. The summed E-state index contributed by atoms with van der Waals surface area (Å²) in [5.74, 6) is -2.72. The van der Waals surface area contributed by atoms with Gasteiger partial charge in [-0.15, -0.1) is 0 Å². The summed E-state index contributed by atoms with van der Waals surface area (Å²) in [5, 5.41) is 5.85. The van der Waals surface area contributed by atoms with Gasteiger partial charge in [0.25, 0.3) is 5.91 Å². The van der Waals surface area contributed by atoms with Crippen LogP contribution in [-0.4, -0.2) is 142 Å². The first-order chi connectivity index (χ1) is 27.3. The molecule has 0 radical (unpaired) electrons. The number of likely N-dealkylation sites (tertiary alicyclic amines) is 2. The second-order valence-electron chi connectivity index (χ2n) is 17.1. The fraction of sp³-hybridized carbons (Fsp3) is 0.738. The lowest BCUT2D eigenvalue weighted by molar-refractivity contribution is -0.148. The van der Waals surface area contributed by atoms with Crippen molar-refractivity contribution in [3.05, 3.63) is 35.9 Å². The molecule has 1 aliphatic carbocycles. The number of nitrogens with zero attached hydrogens (tertiary/aromatic N) is 3. The highest BCUT2D eigenvalue weighted by molar-refractivity contribution is 7.89. The number of piperidine rings is 1. The molecule has 1 saturated carbocycles. The average Bonchev–Trinajstić information content (AvgIpc) is 3.93. The summed E-state index contributed by atoms with van der Waals surface area (Å²) in [5.41, 5.74) is 0.726. The van der Waals surface area contributed by atoms with Crippen molar-refractivity contribution in [1.82, 2.24) is 30.1 Å². The molecule has 58 heavy (non-hydrogen) atoms. The lowest BCUT2D eigenvalue weighted by atomic mass is 9.89. The Labute approximate surface area is 345 Å². The maximum Gasteiger partial charge on any atom is 0.256 e. The third kappa shape index (κ3) is 11.4. The molecule has 3 fully saturated rings. The first kappa shape index (κ1) is 47.1. The average molecular weight is 833 g/mol. The van der Waals surface area contributed by atoms with Crippen LogP contribution in [0.4, 0.5) is 0 Å². The summed E-state index contributed by atoms with van der Waals surface area (Å²) in [6.07, 6.45) is 4.55. The fourth-order valence-corrected chi connectivity index (χ4v) is 10.0. The van der Waals surface area contributed by atoms with Gasteiger partial charge >= 0.3 is 0 Å². The van der Waals surface area contributed by atoms with Gasteiger partial charge in [0.05, 0.1) is 48.9 Å². The van der Waals surface area contributed by atoms with E-state index in [2.05, 4.69) is 15.5 Å².